The van der Waals surface area contributed by atoms with Gasteiger partial charge in [0.25, 0.3) is 0 Å². The fraction of sp³-hybridized carbons (Fsp3) is 0.333. The predicted octanol–water partition coefficient (Wildman–Crippen LogP) is 6.56. The lowest BCUT2D eigenvalue weighted by atomic mass is 9.98. The fourth-order valence-corrected chi connectivity index (χ4v) is 6.71. The molecule has 5 aromatic rings. The number of nitrogens with zero attached hydrogens (tertiary/aromatic N) is 6. The lowest BCUT2D eigenvalue weighted by molar-refractivity contribution is -0.131. The molecule has 2 amide bonds. The number of hydrogen-bond acceptors (Lipinski definition) is 7. The molecular formula is C39H42N8O2. The topological polar surface area (TPSA) is 120 Å². The molecule has 10 nitrogen and oxygen atoms in total. The van der Waals surface area contributed by atoms with Gasteiger partial charge in [0, 0.05) is 72.0 Å². The van der Waals surface area contributed by atoms with Crippen LogP contribution in [0.25, 0.3) is 39.1 Å². The van der Waals surface area contributed by atoms with Crippen LogP contribution in [-0.2, 0) is 9.59 Å². The van der Waals surface area contributed by atoms with Crippen molar-refractivity contribution < 1.29 is 9.59 Å². The molecule has 0 spiro atoms. The maximum Gasteiger partial charge on any atom is 0.237 e. The zero-order valence-electron chi connectivity index (χ0n) is 27.9. The van der Waals surface area contributed by atoms with Crippen LogP contribution < -0.4 is 5.32 Å². The first kappa shape index (κ1) is 32.3. The number of H-pyrrole nitrogens is 1. The number of aromatic amines is 1. The highest BCUT2D eigenvalue weighted by Crippen LogP contribution is 2.40. The third kappa shape index (κ3) is 7.76. The van der Waals surface area contributed by atoms with E-state index in [1.54, 1.807) is 12.4 Å². The van der Waals surface area contributed by atoms with Crippen LogP contribution in [0.5, 0.6) is 0 Å². The number of likely N-dealkylation sites (tertiary alicyclic amines) is 1. The Kier molecular flexibility index (Phi) is 9.84. The van der Waals surface area contributed by atoms with Gasteiger partial charge in [0.05, 0.1) is 12.1 Å². The molecule has 1 saturated heterocycles. The summed E-state index contributed by atoms with van der Waals surface area (Å²) in [4.78, 5) is 40.6. The van der Waals surface area contributed by atoms with Crippen LogP contribution in [0.4, 0.5) is 5.69 Å². The maximum atomic E-state index is 12.6. The Hall–Kier alpha value is -5.22. The van der Waals surface area contributed by atoms with Crippen molar-refractivity contribution in [1.29, 1.82) is 0 Å². The van der Waals surface area contributed by atoms with Gasteiger partial charge in [-0.25, -0.2) is 9.97 Å². The minimum absolute atomic E-state index is 0.267. The third-order valence-corrected chi connectivity index (χ3v) is 9.79. The van der Waals surface area contributed by atoms with Gasteiger partial charge in [-0.3, -0.25) is 24.6 Å². The number of carbonyl (C=O) groups is 2. The molecule has 1 saturated carbocycles. The van der Waals surface area contributed by atoms with Crippen LogP contribution >= 0.6 is 0 Å². The molecule has 5 heterocycles. The molecule has 2 N–H and O–H groups in total. The molecule has 2 aliphatic heterocycles. The molecule has 250 valence electrons. The van der Waals surface area contributed by atoms with Crippen LogP contribution in [0, 0.1) is 5.92 Å². The van der Waals surface area contributed by atoms with E-state index in [0.29, 0.717) is 25.4 Å². The molecular weight excluding hydrogens is 612 g/mol. The van der Waals surface area contributed by atoms with E-state index in [-0.39, 0.29) is 5.91 Å². The van der Waals surface area contributed by atoms with Crippen molar-refractivity contribution >= 4 is 34.5 Å². The number of aromatic nitrogens is 5. The Bertz CT molecular complexity index is 1930. The third-order valence-electron chi connectivity index (χ3n) is 9.79. The highest BCUT2D eigenvalue weighted by Gasteiger charge is 2.26. The first-order valence-corrected chi connectivity index (χ1v) is 17.3. The summed E-state index contributed by atoms with van der Waals surface area (Å²) in [6.07, 6.45) is 14.1. The van der Waals surface area contributed by atoms with E-state index in [1.807, 2.05) is 41.4 Å². The van der Waals surface area contributed by atoms with Crippen molar-refractivity contribution in [3.8, 4) is 22.6 Å². The lowest BCUT2D eigenvalue weighted by Gasteiger charge is -2.28. The summed E-state index contributed by atoms with van der Waals surface area (Å²) in [5, 5.41) is 11.1. The number of nitrogens with one attached hydrogen (secondary N) is 2. The quantitative estimate of drug-likeness (QED) is 0.173. The zero-order chi connectivity index (χ0) is 33.6. The van der Waals surface area contributed by atoms with E-state index in [2.05, 4.69) is 78.7 Å². The summed E-state index contributed by atoms with van der Waals surface area (Å²) in [5.41, 5.74) is 8.36. The van der Waals surface area contributed by atoms with Crippen molar-refractivity contribution in [3.63, 3.8) is 0 Å². The van der Waals surface area contributed by atoms with Crippen molar-refractivity contribution in [1.82, 2.24) is 34.9 Å². The predicted molar refractivity (Wildman–Crippen MR) is 192 cm³/mol. The van der Waals surface area contributed by atoms with Gasteiger partial charge in [-0.2, -0.15) is 5.10 Å². The number of hydrogen-bond donors (Lipinski definition) is 2. The van der Waals surface area contributed by atoms with Gasteiger partial charge in [0.15, 0.2) is 5.82 Å². The summed E-state index contributed by atoms with van der Waals surface area (Å²) < 4.78 is 0. The van der Waals surface area contributed by atoms with E-state index in [4.69, 9.17) is 0 Å². The number of amides is 2. The second kappa shape index (κ2) is 14.9. The Morgan fingerprint density at radius 1 is 0.939 bits per heavy atom. The van der Waals surface area contributed by atoms with E-state index in [0.717, 1.165) is 76.9 Å². The van der Waals surface area contributed by atoms with E-state index in [1.165, 1.54) is 36.8 Å². The fourth-order valence-electron chi connectivity index (χ4n) is 6.71. The highest BCUT2D eigenvalue weighted by atomic mass is 16.2. The van der Waals surface area contributed by atoms with Gasteiger partial charge >= 0.3 is 0 Å². The number of pyridine rings is 1. The molecule has 2 aromatic carbocycles. The van der Waals surface area contributed by atoms with Crippen LogP contribution in [0.1, 0.15) is 56.2 Å². The zero-order valence-corrected chi connectivity index (χ0v) is 27.9. The molecule has 49 heavy (non-hydrogen) atoms. The average Bonchev–Trinajstić information content (AvgIpc) is 3.78. The Morgan fingerprint density at radius 3 is 2.47 bits per heavy atom. The van der Waals surface area contributed by atoms with Crippen LogP contribution in [0.3, 0.4) is 0 Å². The number of anilines is 1. The summed E-state index contributed by atoms with van der Waals surface area (Å²) in [6, 6.07) is 20.0. The summed E-state index contributed by atoms with van der Waals surface area (Å²) in [5.74, 6) is 2.40. The molecule has 2 fully saturated rings. The summed E-state index contributed by atoms with van der Waals surface area (Å²) in [6.45, 7) is 6.48. The smallest absolute Gasteiger partial charge is 0.237 e. The first-order valence-electron chi connectivity index (χ1n) is 17.3. The maximum absolute atomic E-state index is 12.6. The molecule has 3 aromatic heterocycles. The summed E-state index contributed by atoms with van der Waals surface area (Å²) >= 11 is 0. The highest BCUT2D eigenvalue weighted by molar-refractivity contribution is 5.95. The Balaban J connectivity index is 0.000000160. The minimum atomic E-state index is 0.267. The standard InChI is InChI=1S/C23H28N4O.C16H14N4O/c1-2-18-8-13-26(16-18)17-22(28)27-14-9-20(10-15-27)19-4-6-21(7-5-19)23-24-11-3-12-25-23;21-9-18-12-3-4-14-13(8-12)16(20-19-14)11-5-6-17-15(7-11)10-1-2-10/h3-7,9,11-12,18H,2,8,10,13-17H2,1H3;3-10H,1-2H2,(H,18,21)(H,19,20). The summed E-state index contributed by atoms with van der Waals surface area (Å²) in [7, 11) is 0. The molecule has 1 atom stereocenters. The van der Waals surface area contributed by atoms with E-state index >= 15 is 0 Å². The SMILES string of the molecule is CCC1CCN(CC(=O)N2CC=C(c3ccc(-c4ncccn4)cc3)CC2)C1.O=CNc1ccc2[nH]nc(-c3ccnc(C4CC4)c3)c2c1. The molecule has 1 unspecified atom stereocenters. The first-order chi connectivity index (χ1) is 24.1. The molecule has 3 aliphatic rings. The number of fused-ring (bicyclic) bond motifs is 1. The van der Waals surface area contributed by atoms with Crippen molar-refractivity contribution in [2.75, 3.05) is 38.0 Å². The molecule has 0 radical (unpaired) electrons. The van der Waals surface area contributed by atoms with Crippen LogP contribution in [-0.4, -0.2) is 80.0 Å². The van der Waals surface area contributed by atoms with Gasteiger partial charge in [0.2, 0.25) is 12.3 Å². The molecule has 1 aliphatic carbocycles. The van der Waals surface area contributed by atoms with Crippen molar-refractivity contribution in [2.24, 2.45) is 5.92 Å². The van der Waals surface area contributed by atoms with E-state index < -0.39 is 0 Å². The number of carbonyl (C=O) groups excluding carboxylic acids is 2. The normalized spacial score (nSPS) is 17.7. The second-order valence-corrected chi connectivity index (χ2v) is 13.1. The largest absolute Gasteiger partial charge is 0.338 e. The molecule has 10 heteroatoms. The molecule has 0 bridgehead atoms. The molecule has 8 rings (SSSR count). The number of rotatable bonds is 9. The van der Waals surface area contributed by atoms with Gasteiger partial charge in [-0.1, -0.05) is 43.7 Å². The monoisotopic (exact) mass is 654 g/mol. The number of benzene rings is 2. The van der Waals surface area contributed by atoms with Gasteiger partial charge in [-0.15, -0.1) is 0 Å². The average molecular weight is 655 g/mol. The van der Waals surface area contributed by atoms with Crippen LogP contribution in [0.2, 0.25) is 0 Å². The van der Waals surface area contributed by atoms with Crippen molar-refractivity contribution in [3.05, 3.63) is 96.6 Å². The van der Waals surface area contributed by atoms with E-state index in [9.17, 15) is 9.59 Å². The Labute approximate surface area is 286 Å². The minimum Gasteiger partial charge on any atom is -0.338 e. The Morgan fingerprint density at radius 2 is 1.76 bits per heavy atom. The van der Waals surface area contributed by atoms with Gasteiger partial charge in [0.1, 0.15) is 5.69 Å². The lowest BCUT2D eigenvalue weighted by Crippen LogP contribution is -2.41. The van der Waals surface area contributed by atoms with Crippen LogP contribution in [0.15, 0.2) is 85.3 Å². The van der Waals surface area contributed by atoms with Gasteiger partial charge in [-0.05, 0) is 85.7 Å². The van der Waals surface area contributed by atoms with Crippen molar-refractivity contribution in [2.45, 2.75) is 44.9 Å². The second-order valence-electron chi connectivity index (χ2n) is 13.1. The van der Waals surface area contributed by atoms with Gasteiger partial charge < -0.3 is 10.2 Å².